The number of nitro groups is 1. The predicted molar refractivity (Wildman–Crippen MR) is 86.3 cm³/mol. The van der Waals surface area contributed by atoms with E-state index in [2.05, 4.69) is 0 Å². The molecule has 140 valence electrons. The van der Waals surface area contributed by atoms with Gasteiger partial charge in [-0.1, -0.05) is 12.1 Å². The Balaban J connectivity index is 2.33. The van der Waals surface area contributed by atoms with Gasteiger partial charge in [-0.3, -0.25) is 10.1 Å². The van der Waals surface area contributed by atoms with Gasteiger partial charge in [-0.2, -0.15) is 13.2 Å². The first-order chi connectivity index (χ1) is 12.2. The van der Waals surface area contributed by atoms with Crippen LogP contribution < -0.4 is 9.47 Å². The van der Waals surface area contributed by atoms with Crippen molar-refractivity contribution in [2.24, 2.45) is 0 Å². The van der Waals surface area contributed by atoms with Crippen molar-refractivity contribution in [2.75, 3.05) is 14.2 Å². The molecule has 6 nitrogen and oxygen atoms in total. The van der Waals surface area contributed by atoms with Gasteiger partial charge in [0.15, 0.2) is 11.5 Å². The molecule has 0 heterocycles. The Morgan fingerprint density at radius 2 is 1.65 bits per heavy atom. The first-order valence-electron chi connectivity index (χ1n) is 7.42. The monoisotopic (exact) mass is 371 g/mol. The highest BCUT2D eigenvalue weighted by molar-refractivity contribution is 5.54. The summed E-state index contributed by atoms with van der Waals surface area (Å²) in [6, 6.07) is 6.52. The molecule has 0 radical (unpaired) electrons. The van der Waals surface area contributed by atoms with Crippen molar-refractivity contribution in [3.8, 4) is 11.5 Å². The van der Waals surface area contributed by atoms with Gasteiger partial charge < -0.3 is 14.6 Å². The zero-order valence-corrected chi connectivity index (χ0v) is 13.9. The second-order valence-corrected chi connectivity index (χ2v) is 5.43. The van der Waals surface area contributed by atoms with E-state index >= 15 is 0 Å². The summed E-state index contributed by atoms with van der Waals surface area (Å²) < 4.78 is 47.9. The Morgan fingerprint density at radius 3 is 2.12 bits per heavy atom. The van der Waals surface area contributed by atoms with Crippen LogP contribution in [0.25, 0.3) is 0 Å². The zero-order valence-electron chi connectivity index (χ0n) is 13.9. The molecule has 0 spiro atoms. The minimum Gasteiger partial charge on any atom is -0.493 e. The molecular weight excluding hydrogens is 355 g/mol. The minimum absolute atomic E-state index is 0.159. The second-order valence-electron chi connectivity index (χ2n) is 5.43. The first-order valence-corrected chi connectivity index (χ1v) is 7.42. The molecule has 0 saturated carbocycles. The summed E-state index contributed by atoms with van der Waals surface area (Å²) in [5.74, 6) is 0.402. The molecule has 0 aliphatic heterocycles. The zero-order chi connectivity index (χ0) is 19.5. The number of methoxy groups -OCH3 is 2. The summed E-state index contributed by atoms with van der Waals surface area (Å²) in [6.07, 6.45) is -5.89. The van der Waals surface area contributed by atoms with Crippen LogP contribution >= 0.6 is 0 Å². The van der Waals surface area contributed by atoms with Crippen LogP contribution in [0.4, 0.5) is 18.9 Å². The topological polar surface area (TPSA) is 81.8 Å². The fraction of sp³-hybridized carbons (Fsp3) is 0.294. The lowest BCUT2D eigenvalue weighted by atomic mass is 9.98. The SMILES string of the molecule is COc1cc(C[C@H](O)c2ccc(C(F)(F)F)cc2)c([N+](=O)[O-])cc1OC. The van der Waals surface area contributed by atoms with Crippen LogP contribution in [-0.2, 0) is 12.6 Å². The lowest BCUT2D eigenvalue weighted by Gasteiger charge is -2.15. The van der Waals surface area contributed by atoms with E-state index in [1.165, 1.54) is 26.4 Å². The number of halogens is 3. The normalized spacial score (nSPS) is 12.5. The van der Waals surface area contributed by atoms with Crippen LogP contribution in [0.3, 0.4) is 0 Å². The molecule has 2 aromatic rings. The molecule has 0 bridgehead atoms. The third kappa shape index (κ3) is 4.23. The number of rotatable bonds is 6. The Hall–Kier alpha value is -2.81. The summed E-state index contributed by atoms with van der Waals surface area (Å²) in [5, 5.41) is 21.6. The highest BCUT2D eigenvalue weighted by Crippen LogP contribution is 2.37. The molecule has 0 fully saturated rings. The third-order valence-corrected chi connectivity index (χ3v) is 3.82. The van der Waals surface area contributed by atoms with E-state index in [1.54, 1.807) is 0 Å². The Bertz CT molecular complexity index is 790. The van der Waals surface area contributed by atoms with Gasteiger partial charge in [-0.05, 0) is 23.8 Å². The lowest BCUT2D eigenvalue weighted by Crippen LogP contribution is -2.08. The van der Waals surface area contributed by atoms with E-state index in [4.69, 9.17) is 9.47 Å². The van der Waals surface area contributed by atoms with Crippen LogP contribution in [0.15, 0.2) is 36.4 Å². The number of benzene rings is 2. The summed E-state index contributed by atoms with van der Waals surface area (Å²) >= 11 is 0. The lowest BCUT2D eigenvalue weighted by molar-refractivity contribution is -0.385. The Labute approximate surface area is 146 Å². The number of ether oxygens (including phenoxy) is 2. The van der Waals surface area contributed by atoms with Crippen LogP contribution in [0.2, 0.25) is 0 Å². The smallest absolute Gasteiger partial charge is 0.416 e. The average Bonchev–Trinajstić information content (AvgIpc) is 2.60. The molecule has 0 aromatic heterocycles. The molecule has 0 aliphatic carbocycles. The summed E-state index contributed by atoms with van der Waals surface area (Å²) in [4.78, 5) is 10.6. The molecule has 1 N–H and O–H groups in total. The molecule has 1 atom stereocenters. The molecule has 2 rings (SSSR count). The highest BCUT2D eigenvalue weighted by Gasteiger charge is 2.30. The summed E-state index contributed by atoms with van der Waals surface area (Å²) in [6.45, 7) is 0. The molecule has 26 heavy (non-hydrogen) atoms. The van der Waals surface area contributed by atoms with Crippen molar-refractivity contribution < 1.29 is 32.7 Å². The number of aliphatic hydroxyl groups excluding tert-OH is 1. The quantitative estimate of drug-likeness (QED) is 0.615. The molecule has 2 aromatic carbocycles. The largest absolute Gasteiger partial charge is 0.493 e. The van der Waals surface area contributed by atoms with Crippen LogP contribution in [0, 0.1) is 10.1 Å². The Morgan fingerprint density at radius 1 is 1.12 bits per heavy atom. The van der Waals surface area contributed by atoms with Crippen molar-refractivity contribution in [3.05, 3.63) is 63.2 Å². The van der Waals surface area contributed by atoms with Crippen molar-refractivity contribution in [3.63, 3.8) is 0 Å². The highest BCUT2D eigenvalue weighted by atomic mass is 19.4. The molecule has 0 saturated heterocycles. The van der Waals surface area contributed by atoms with E-state index in [0.29, 0.717) is 0 Å². The fourth-order valence-electron chi connectivity index (χ4n) is 2.46. The maximum absolute atomic E-state index is 12.6. The number of nitrogens with zero attached hydrogens (tertiary/aromatic N) is 1. The molecule has 0 unspecified atom stereocenters. The van der Waals surface area contributed by atoms with Crippen molar-refractivity contribution in [1.29, 1.82) is 0 Å². The standard InChI is InChI=1S/C17H16F3NO5/c1-25-15-8-11(13(21(23)24)9-16(15)26-2)7-14(22)10-3-5-12(6-4-10)17(18,19)20/h3-6,8-9,14,22H,7H2,1-2H3/t14-/m0/s1. The molecular formula is C17H16F3NO5. The van der Waals surface area contributed by atoms with Gasteiger partial charge in [-0.25, -0.2) is 0 Å². The number of hydrogen-bond donors (Lipinski definition) is 1. The summed E-state index contributed by atoms with van der Waals surface area (Å²) in [7, 11) is 2.69. The number of aliphatic hydroxyl groups is 1. The third-order valence-electron chi connectivity index (χ3n) is 3.82. The van der Waals surface area contributed by atoms with E-state index in [1.807, 2.05) is 0 Å². The summed E-state index contributed by atoms with van der Waals surface area (Å²) in [5.41, 5.74) is -0.749. The first kappa shape index (κ1) is 19.5. The second kappa shape index (κ2) is 7.61. The minimum atomic E-state index is -4.48. The molecule has 0 amide bonds. The Kier molecular flexibility index (Phi) is 5.71. The fourth-order valence-corrected chi connectivity index (χ4v) is 2.46. The van der Waals surface area contributed by atoms with Gasteiger partial charge in [0.2, 0.25) is 0 Å². The van der Waals surface area contributed by atoms with Gasteiger partial charge in [0.1, 0.15) is 0 Å². The van der Waals surface area contributed by atoms with Gasteiger partial charge >= 0.3 is 6.18 Å². The number of nitro benzene ring substituents is 1. The average molecular weight is 371 g/mol. The van der Waals surface area contributed by atoms with Crippen molar-refractivity contribution >= 4 is 5.69 Å². The van der Waals surface area contributed by atoms with Crippen LogP contribution in [-0.4, -0.2) is 24.2 Å². The van der Waals surface area contributed by atoms with Gasteiger partial charge in [0.25, 0.3) is 5.69 Å². The molecule has 0 aliphatic rings. The molecule has 9 heteroatoms. The van der Waals surface area contributed by atoms with E-state index in [0.717, 1.165) is 24.3 Å². The maximum atomic E-state index is 12.6. The number of alkyl halides is 3. The van der Waals surface area contributed by atoms with Crippen LogP contribution in [0.1, 0.15) is 22.8 Å². The van der Waals surface area contributed by atoms with Gasteiger partial charge in [0, 0.05) is 12.0 Å². The van der Waals surface area contributed by atoms with Crippen molar-refractivity contribution in [2.45, 2.75) is 18.7 Å². The number of hydrogen-bond acceptors (Lipinski definition) is 5. The van der Waals surface area contributed by atoms with E-state index in [-0.39, 0.29) is 34.7 Å². The maximum Gasteiger partial charge on any atom is 0.416 e. The van der Waals surface area contributed by atoms with Gasteiger partial charge in [-0.15, -0.1) is 0 Å². The van der Waals surface area contributed by atoms with Gasteiger partial charge in [0.05, 0.1) is 36.9 Å². The predicted octanol–water partition coefficient (Wildman–Crippen LogP) is 3.91. The van der Waals surface area contributed by atoms with Crippen LogP contribution in [0.5, 0.6) is 11.5 Å². The van der Waals surface area contributed by atoms with E-state index < -0.39 is 22.8 Å². The van der Waals surface area contributed by atoms with Crippen molar-refractivity contribution in [1.82, 2.24) is 0 Å². The van der Waals surface area contributed by atoms with E-state index in [9.17, 15) is 28.4 Å².